The predicted molar refractivity (Wildman–Crippen MR) is 112 cm³/mol. The van der Waals surface area contributed by atoms with Gasteiger partial charge in [0.1, 0.15) is 0 Å². The van der Waals surface area contributed by atoms with E-state index in [0.29, 0.717) is 0 Å². The Morgan fingerprint density at radius 2 is 1.07 bits per heavy atom. The van der Waals surface area contributed by atoms with Gasteiger partial charge in [-0.2, -0.15) is 0 Å². The molecular weight excluding hydrogens is 340 g/mol. The zero-order valence-corrected chi connectivity index (χ0v) is 17.3. The Morgan fingerprint density at radius 3 is 1.44 bits per heavy atom. The van der Waals surface area contributed by atoms with Crippen molar-refractivity contribution in [3.05, 3.63) is 23.8 Å². The van der Waals surface area contributed by atoms with Gasteiger partial charge in [0.2, 0.25) is 0 Å². The van der Waals surface area contributed by atoms with Crippen LogP contribution in [0.25, 0.3) is 0 Å². The summed E-state index contributed by atoms with van der Waals surface area (Å²) in [6, 6.07) is 0. The molecule has 0 aliphatic heterocycles. The van der Waals surface area contributed by atoms with Crippen molar-refractivity contribution in [2.24, 2.45) is 0 Å². The van der Waals surface area contributed by atoms with Gasteiger partial charge in [-0.1, -0.05) is 109 Å². The summed E-state index contributed by atoms with van der Waals surface area (Å²) < 4.78 is 0. The van der Waals surface area contributed by atoms with E-state index in [0.717, 1.165) is 25.3 Å². The largest absolute Gasteiger partial charge is 0.478 e. The van der Waals surface area contributed by atoms with Gasteiger partial charge in [-0.15, -0.1) is 0 Å². The first kappa shape index (κ1) is 25.4. The second kappa shape index (κ2) is 19.2. The van der Waals surface area contributed by atoms with Crippen LogP contribution >= 0.6 is 0 Å². The minimum atomic E-state index is -1.23. The van der Waals surface area contributed by atoms with Gasteiger partial charge >= 0.3 is 11.9 Å². The molecule has 0 aromatic carbocycles. The Labute approximate surface area is 165 Å². The van der Waals surface area contributed by atoms with Crippen LogP contribution in [0.2, 0.25) is 0 Å². The van der Waals surface area contributed by atoms with Crippen LogP contribution in [0.4, 0.5) is 0 Å². The molecule has 0 atom stereocenters. The number of hydrogen-bond acceptors (Lipinski definition) is 2. The predicted octanol–water partition coefficient (Wildman–Crippen LogP) is 6.90. The number of hydrogen-bond donors (Lipinski definition) is 2. The van der Waals surface area contributed by atoms with Gasteiger partial charge in [0.15, 0.2) is 0 Å². The number of carbonyl (C=O) groups is 2. The van der Waals surface area contributed by atoms with Crippen molar-refractivity contribution in [1.82, 2.24) is 0 Å². The summed E-state index contributed by atoms with van der Waals surface area (Å²) in [4.78, 5) is 21.4. The third kappa shape index (κ3) is 19.0. The average Bonchev–Trinajstić information content (AvgIpc) is 2.62. The zero-order chi connectivity index (χ0) is 20.2. The quantitative estimate of drug-likeness (QED) is 0.145. The molecule has 0 aromatic rings. The minimum Gasteiger partial charge on any atom is -0.478 e. The lowest BCUT2D eigenvalue weighted by Crippen LogP contribution is -2.01. The highest BCUT2D eigenvalue weighted by Crippen LogP contribution is 2.14. The molecule has 156 valence electrons. The van der Waals surface area contributed by atoms with E-state index in [2.05, 4.69) is 6.92 Å². The summed E-state index contributed by atoms with van der Waals surface area (Å²) in [6.45, 7) is 2.26. The highest BCUT2D eigenvalue weighted by atomic mass is 16.4. The normalized spacial score (nSPS) is 12.0. The first-order valence-corrected chi connectivity index (χ1v) is 10.9. The molecule has 0 unspecified atom stereocenters. The molecule has 0 bridgehead atoms. The van der Waals surface area contributed by atoms with E-state index in [1.54, 1.807) is 6.08 Å². The van der Waals surface area contributed by atoms with Crippen molar-refractivity contribution < 1.29 is 19.8 Å². The lowest BCUT2D eigenvalue weighted by molar-refractivity contribution is -0.134. The Morgan fingerprint density at radius 1 is 0.667 bits per heavy atom. The van der Waals surface area contributed by atoms with E-state index >= 15 is 0 Å². The molecule has 0 spiro atoms. The summed E-state index contributed by atoms with van der Waals surface area (Å²) >= 11 is 0. The average molecular weight is 381 g/mol. The first-order valence-electron chi connectivity index (χ1n) is 10.9. The number of allylic oxidation sites excluding steroid dienone is 1. The van der Waals surface area contributed by atoms with Gasteiger partial charge in [-0.3, -0.25) is 0 Å². The molecule has 4 nitrogen and oxygen atoms in total. The van der Waals surface area contributed by atoms with Crippen molar-refractivity contribution in [3.63, 3.8) is 0 Å². The molecule has 0 rings (SSSR count). The van der Waals surface area contributed by atoms with E-state index in [9.17, 15) is 9.59 Å². The molecule has 0 heterocycles. The smallest absolute Gasteiger partial charge is 0.335 e. The van der Waals surface area contributed by atoms with E-state index in [1.165, 1.54) is 89.5 Å². The maximum absolute atomic E-state index is 10.9. The van der Waals surface area contributed by atoms with Crippen molar-refractivity contribution in [1.29, 1.82) is 0 Å². The van der Waals surface area contributed by atoms with Crippen LogP contribution in [0, 0.1) is 0 Å². The Hall–Kier alpha value is -1.58. The third-order valence-corrected chi connectivity index (χ3v) is 4.80. The second-order valence-electron chi connectivity index (χ2n) is 7.38. The SMILES string of the molecule is CCCCCCCCCCCCCCCCCC=C/C(=C/C(=O)O)C(=O)O. The van der Waals surface area contributed by atoms with Crippen LogP contribution in [0.15, 0.2) is 23.8 Å². The van der Waals surface area contributed by atoms with E-state index in [1.807, 2.05) is 0 Å². The molecule has 0 aliphatic rings. The molecular formula is C23H40O4. The van der Waals surface area contributed by atoms with E-state index in [4.69, 9.17) is 10.2 Å². The second-order valence-corrected chi connectivity index (χ2v) is 7.38. The maximum atomic E-state index is 10.9. The van der Waals surface area contributed by atoms with Crippen LogP contribution in [0.3, 0.4) is 0 Å². The van der Waals surface area contributed by atoms with Gasteiger partial charge in [-0.25, -0.2) is 9.59 Å². The first-order chi connectivity index (χ1) is 13.1. The molecule has 0 saturated heterocycles. The van der Waals surface area contributed by atoms with Gasteiger partial charge in [-0.05, 0) is 12.8 Å². The van der Waals surface area contributed by atoms with Crippen molar-refractivity contribution in [2.45, 2.75) is 110 Å². The van der Waals surface area contributed by atoms with E-state index < -0.39 is 11.9 Å². The Bertz CT molecular complexity index is 438. The molecule has 0 aliphatic carbocycles. The number of rotatable bonds is 19. The van der Waals surface area contributed by atoms with Crippen molar-refractivity contribution in [3.8, 4) is 0 Å². The monoisotopic (exact) mass is 380 g/mol. The van der Waals surface area contributed by atoms with Crippen LogP contribution in [-0.2, 0) is 9.59 Å². The maximum Gasteiger partial charge on any atom is 0.335 e. The Kier molecular flexibility index (Phi) is 18.1. The van der Waals surface area contributed by atoms with Crippen LogP contribution in [0.1, 0.15) is 110 Å². The molecule has 27 heavy (non-hydrogen) atoms. The van der Waals surface area contributed by atoms with Gasteiger partial charge in [0.25, 0.3) is 0 Å². The highest BCUT2D eigenvalue weighted by molar-refractivity contribution is 5.96. The van der Waals surface area contributed by atoms with Gasteiger partial charge < -0.3 is 10.2 Å². The summed E-state index contributed by atoms with van der Waals surface area (Å²) in [5.41, 5.74) is -0.177. The van der Waals surface area contributed by atoms with Crippen molar-refractivity contribution >= 4 is 11.9 Å². The number of unbranched alkanes of at least 4 members (excludes halogenated alkanes) is 15. The van der Waals surface area contributed by atoms with Crippen LogP contribution in [-0.4, -0.2) is 22.2 Å². The lowest BCUT2D eigenvalue weighted by Gasteiger charge is -2.03. The zero-order valence-electron chi connectivity index (χ0n) is 17.3. The van der Waals surface area contributed by atoms with E-state index in [-0.39, 0.29) is 5.57 Å². The van der Waals surface area contributed by atoms with Gasteiger partial charge in [0, 0.05) is 6.08 Å². The molecule has 0 saturated carbocycles. The lowest BCUT2D eigenvalue weighted by atomic mass is 10.0. The standard InChI is InChI=1S/C23H40O4/c1-2-3-4-5-6-7-8-9-10-11-12-13-14-15-16-17-18-19-21(23(26)27)20-22(24)25/h18-20H,2-17H2,1H3,(H,24,25)(H,26,27)/b19-18?,21-20-. The van der Waals surface area contributed by atoms with Crippen LogP contribution < -0.4 is 0 Å². The summed E-state index contributed by atoms with van der Waals surface area (Å²) in [5, 5.41) is 17.5. The fourth-order valence-electron chi connectivity index (χ4n) is 3.16. The summed E-state index contributed by atoms with van der Waals surface area (Å²) in [7, 11) is 0. The fraction of sp³-hybridized carbons (Fsp3) is 0.739. The Balaban J connectivity index is 3.39. The summed E-state index contributed by atoms with van der Waals surface area (Å²) in [6.07, 6.45) is 24.5. The minimum absolute atomic E-state index is 0.177. The molecule has 0 aromatic heterocycles. The molecule has 0 fully saturated rings. The fourth-order valence-corrected chi connectivity index (χ4v) is 3.16. The molecule has 4 heteroatoms. The molecule has 2 N–H and O–H groups in total. The third-order valence-electron chi connectivity index (χ3n) is 4.80. The molecule has 0 radical (unpaired) electrons. The molecule has 0 amide bonds. The highest BCUT2D eigenvalue weighted by Gasteiger charge is 2.04. The topological polar surface area (TPSA) is 74.6 Å². The van der Waals surface area contributed by atoms with Gasteiger partial charge in [0.05, 0.1) is 5.57 Å². The summed E-state index contributed by atoms with van der Waals surface area (Å²) in [5.74, 6) is -2.44. The number of carboxylic acids is 2. The number of carboxylic acid groups (broad SMARTS) is 2. The van der Waals surface area contributed by atoms with Crippen LogP contribution in [0.5, 0.6) is 0 Å². The van der Waals surface area contributed by atoms with Crippen molar-refractivity contribution in [2.75, 3.05) is 0 Å². The number of aliphatic carboxylic acids is 2.